The molecular weight excluding hydrogens is 312 g/mol. The largest absolute Gasteiger partial charge is 0.419 e. The van der Waals surface area contributed by atoms with E-state index in [-0.39, 0.29) is 29.4 Å². The van der Waals surface area contributed by atoms with Crippen LogP contribution in [0.15, 0.2) is 18.2 Å². The van der Waals surface area contributed by atoms with Gasteiger partial charge in [0.15, 0.2) is 9.84 Å². The quantitative estimate of drug-likeness (QED) is 0.869. The van der Waals surface area contributed by atoms with Gasteiger partial charge in [-0.1, -0.05) is 6.07 Å². The van der Waals surface area contributed by atoms with E-state index in [9.17, 15) is 31.1 Å². The van der Waals surface area contributed by atoms with E-state index in [0.29, 0.717) is 18.6 Å². The number of halogens is 4. The minimum atomic E-state index is -4.78. The van der Waals surface area contributed by atoms with Crippen molar-refractivity contribution in [2.24, 2.45) is 5.92 Å². The molecule has 1 aromatic rings. The molecule has 0 spiro atoms. The molecule has 118 valence electrons. The molecule has 1 N–H and O–H groups in total. The predicted octanol–water partition coefficient (Wildman–Crippen LogP) is 2.70. The zero-order valence-corrected chi connectivity index (χ0v) is 11.7. The summed E-state index contributed by atoms with van der Waals surface area (Å²) in [4.78, 5) is 0. The first-order valence-electron chi connectivity index (χ1n) is 6.33. The van der Waals surface area contributed by atoms with Gasteiger partial charge in [-0.05, 0) is 36.5 Å². The molecular formula is C13H14F4O3S. The lowest BCUT2D eigenvalue weighted by molar-refractivity contribution is -0.140. The first kappa shape index (κ1) is 16.2. The Morgan fingerprint density at radius 2 is 2.00 bits per heavy atom. The minimum absolute atomic E-state index is 0.0183. The van der Waals surface area contributed by atoms with Crippen molar-refractivity contribution in [2.75, 3.05) is 11.5 Å². The number of aliphatic hydroxyl groups is 1. The van der Waals surface area contributed by atoms with Crippen LogP contribution in [0.25, 0.3) is 0 Å². The van der Waals surface area contributed by atoms with E-state index in [0.717, 1.165) is 6.07 Å². The van der Waals surface area contributed by atoms with Crippen LogP contribution in [0, 0.1) is 11.7 Å². The average molecular weight is 326 g/mol. The highest BCUT2D eigenvalue weighted by Crippen LogP contribution is 2.34. The Balaban J connectivity index is 2.10. The second kappa shape index (κ2) is 5.57. The number of rotatable bonds is 3. The summed E-state index contributed by atoms with van der Waals surface area (Å²) in [5, 5.41) is 9.93. The maximum Gasteiger partial charge on any atom is 0.419 e. The third-order valence-corrected chi connectivity index (χ3v) is 5.40. The number of hydrogen-bond acceptors (Lipinski definition) is 3. The highest BCUT2D eigenvalue weighted by atomic mass is 32.2. The first-order valence-corrected chi connectivity index (χ1v) is 8.16. The molecule has 21 heavy (non-hydrogen) atoms. The topological polar surface area (TPSA) is 54.4 Å². The van der Waals surface area contributed by atoms with Gasteiger partial charge in [0.05, 0.1) is 23.2 Å². The van der Waals surface area contributed by atoms with Crippen molar-refractivity contribution in [3.8, 4) is 0 Å². The van der Waals surface area contributed by atoms with E-state index in [1.807, 2.05) is 0 Å². The van der Waals surface area contributed by atoms with E-state index in [4.69, 9.17) is 0 Å². The fourth-order valence-electron chi connectivity index (χ4n) is 2.48. The summed E-state index contributed by atoms with van der Waals surface area (Å²) in [5.41, 5.74) is -1.37. The molecule has 2 rings (SSSR count). The van der Waals surface area contributed by atoms with Gasteiger partial charge in [0.1, 0.15) is 5.82 Å². The van der Waals surface area contributed by atoms with Gasteiger partial charge in [0.2, 0.25) is 0 Å². The van der Waals surface area contributed by atoms with Crippen molar-refractivity contribution in [2.45, 2.75) is 25.1 Å². The van der Waals surface area contributed by atoms with E-state index in [2.05, 4.69) is 0 Å². The van der Waals surface area contributed by atoms with Crippen molar-refractivity contribution in [3.63, 3.8) is 0 Å². The zero-order chi connectivity index (χ0) is 15.8. The number of benzene rings is 1. The summed E-state index contributed by atoms with van der Waals surface area (Å²) in [6.45, 7) is 0. The Labute approximate surface area is 119 Å². The van der Waals surface area contributed by atoms with Crippen LogP contribution < -0.4 is 0 Å². The first-order chi connectivity index (χ1) is 9.58. The van der Waals surface area contributed by atoms with Gasteiger partial charge in [0.25, 0.3) is 0 Å². The van der Waals surface area contributed by atoms with Gasteiger partial charge >= 0.3 is 6.18 Å². The highest BCUT2D eigenvalue weighted by Gasteiger charge is 2.35. The molecule has 0 amide bonds. The second-order valence-corrected chi connectivity index (χ2v) is 7.49. The molecule has 1 heterocycles. The number of sulfone groups is 1. The molecule has 0 aliphatic carbocycles. The summed E-state index contributed by atoms with van der Waals surface area (Å²) in [6, 6.07) is 2.25. The summed E-state index contributed by atoms with van der Waals surface area (Å²) in [5.74, 6) is -1.70. The summed E-state index contributed by atoms with van der Waals surface area (Å²) < 4.78 is 73.3. The SMILES string of the molecule is O=S1(=O)CCC(CC(O)c2ccc(C(F)(F)F)c(F)c2)C1. The van der Waals surface area contributed by atoms with Crippen LogP contribution in [0.5, 0.6) is 0 Å². The fraction of sp³-hybridized carbons (Fsp3) is 0.538. The number of hydrogen-bond donors (Lipinski definition) is 1. The van der Waals surface area contributed by atoms with Crippen LogP contribution in [-0.4, -0.2) is 25.0 Å². The van der Waals surface area contributed by atoms with E-state index < -0.39 is 33.5 Å². The van der Waals surface area contributed by atoms with Crippen molar-refractivity contribution in [1.29, 1.82) is 0 Å². The van der Waals surface area contributed by atoms with Crippen LogP contribution in [-0.2, 0) is 16.0 Å². The molecule has 2 unspecified atom stereocenters. The van der Waals surface area contributed by atoms with Gasteiger partial charge in [-0.15, -0.1) is 0 Å². The normalized spacial score (nSPS) is 23.2. The van der Waals surface area contributed by atoms with E-state index in [1.54, 1.807) is 0 Å². The molecule has 1 fully saturated rings. The average Bonchev–Trinajstić information content (AvgIpc) is 2.66. The molecule has 0 saturated carbocycles. The maximum atomic E-state index is 13.4. The molecule has 1 aliphatic rings. The molecule has 1 saturated heterocycles. The third kappa shape index (κ3) is 3.94. The Morgan fingerprint density at radius 3 is 2.48 bits per heavy atom. The van der Waals surface area contributed by atoms with Gasteiger partial charge in [-0.2, -0.15) is 13.2 Å². The van der Waals surface area contributed by atoms with E-state index >= 15 is 0 Å². The van der Waals surface area contributed by atoms with Crippen LogP contribution in [0.1, 0.15) is 30.1 Å². The highest BCUT2D eigenvalue weighted by molar-refractivity contribution is 7.91. The van der Waals surface area contributed by atoms with Crippen LogP contribution >= 0.6 is 0 Å². The van der Waals surface area contributed by atoms with Gasteiger partial charge in [0, 0.05) is 0 Å². The standard InChI is InChI=1S/C13H14F4O3S/c14-11-6-9(1-2-10(11)13(15,16)17)12(18)5-8-3-4-21(19,20)7-8/h1-2,6,8,12,18H,3-5,7H2. The minimum Gasteiger partial charge on any atom is -0.388 e. The van der Waals surface area contributed by atoms with E-state index in [1.165, 1.54) is 0 Å². The Hall–Kier alpha value is -1.15. The van der Waals surface area contributed by atoms with Gasteiger partial charge in [-0.25, -0.2) is 12.8 Å². The van der Waals surface area contributed by atoms with Crippen molar-refractivity contribution in [1.82, 2.24) is 0 Å². The lowest BCUT2D eigenvalue weighted by Gasteiger charge is -2.16. The molecule has 0 aromatic heterocycles. The molecule has 8 heteroatoms. The summed E-state index contributed by atoms with van der Waals surface area (Å²) >= 11 is 0. The van der Waals surface area contributed by atoms with Crippen molar-refractivity contribution < 1.29 is 31.1 Å². The molecule has 3 nitrogen and oxygen atoms in total. The van der Waals surface area contributed by atoms with Crippen LogP contribution in [0.2, 0.25) is 0 Å². The lowest BCUT2D eigenvalue weighted by Crippen LogP contribution is -2.12. The molecule has 0 radical (unpaired) electrons. The Bertz CT molecular complexity index is 625. The molecule has 1 aliphatic heterocycles. The molecule has 2 atom stereocenters. The number of aliphatic hydroxyl groups excluding tert-OH is 1. The van der Waals surface area contributed by atoms with Crippen molar-refractivity contribution in [3.05, 3.63) is 35.1 Å². The summed E-state index contributed by atoms with van der Waals surface area (Å²) in [6.07, 6.45) is -5.47. The van der Waals surface area contributed by atoms with Crippen molar-refractivity contribution >= 4 is 9.84 Å². The van der Waals surface area contributed by atoms with Crippen LogP contribution in [0.4, 0.5) is 17.6 Å². The van der Waals surface area contributed by atoms with Crippen LogP contribution in [0.3, 0.4) is 0 Å². The maximum absolute atomic E-state index is 13.4. The molecule has 1 aromatic carbocycles. The Morgan fingerprint density at radius 1 is 1.33 bits per heavy atom. The zero-order valence-electron chi connectivity index (χ0n) is 10.9. The number of alkyl halides is 3. The van der Waals surface area contributed by atoms with Gasteiger partial charge < -0.3 is 5.11 Å². The molecule has 0 bridgehead atoms. The predicted molar refractivity (Wildman–Crippen MR) is 67.7 cm³/mol. The third-order valence-electron chi connectivity index (χ3n) is 3.57. The smallest absolute Gasteiger partial charge is 0.388 e. The lowest BCUT2D eigenvalue weighted by atomic mass is 9.95. The summed E-state index contributed by atoms with van der Waals surface area (Å²) in [7, 11) is -3.09. The Kier molecular flexibility index (Phi) is 4.30. The monoisotopic (exact) mass is 326 g/mol. The second-order valence-electron chi connectivity index (χ2n) is 5.26. The van der Waals surface area contributed by atoms with Gasteiger partial charge in [-0.3, -0.25) is 0 Å². The fourth-order valence-corrected chi connectivity index (χ4v) is 4.36.